The van der Waals surface area contributed by atoms with Gasteiger partial charge in [-0.3, -0.25) is 14.6 Å². The Labute approximate surface area is 162 Å². The number of hydrogen-bond acceptors (Lipinski definition) is 3. The lowest BCUT2D eigenvalue weighted by Gasteiger charge is -2.14. The Morgan fingerprint density at radius 3 is 2.50 bits per heavy atom. The van der Waals surface area contributed by atoms with Gasteiger partial charge in [0.1, 0.15) is 5.92 Å². The number of hydrogen-bond donors (Lipinski definition) is 2. The van der Waals surface area contributed by atoms with E-state index in [0.717, 1.165) is 33.8 Å². The molecule has 5 heteroatoms. The smallest absolute Gasteiger partial charge is 0.238 e. The van der Waals surface area contributed by atoms with E-state index in [0.29, 0.717) is 12.1 Å². The Balaban J connectivity index is 1.65. The number of nitrogens with one attached hydrogen (secondary N) is 2. The van der Waals surface area contributed by atoms with E-state index in [4.69, 9.17) is 4.99 Å². The molecule has 136 valence electrons. The highest BCUT2D eigenvalue weighted by atomic mass is 16.2. The van der Waals surface area contributed by atoms with Gasteiger partial charge in [0.25, 0.3) is 0 Å². The maximum absolute atomic E-state index is 12.8. The molecule has 5 rings (SSSR count). The van der Waals surface area contributed by atoms with Crippen molar-refractivity contribution in [3.8, 4) is 0 Å². The molecule has 28 heavy (non-hydrogen) atoms. The predicted molar refractivity (Wildman–Crippen MR) is 109 cm³/mol. The minimum absolute atomic E-state index is 0.0106. The van der Waals surface area contributed by atoms with E-state index in [1.165, 1.54) is 0 Å². The summed E-state index contributed by atoms with van der Waals surface area (Å²) in [7, 11) is 0. The number of amides is 2. The quantitative estimate of drug-likeness (QED) is 0.686. The van der Waals surface area contributed by atoms with Crippen LogP contribution in [-0.2, 0) is 16.0 Å². The van der Waals surface area contributed by atoms with Crippen molar-refractivity contribution in [2.24, 2.45) is 4.99 Å². The van der Waals surface area contributed by atoms with Crippen LogP contribution in [0.2, 0.25) is 0 Å². The number of benzene rings is 3. The van der Waals surface area contributed by atoms with Gasteiger partial charge in [0.05, 0.1) is 17.8 Å². The number of carbonyl (C=O) groups is 2. The predicted octanol–water partition coefficient (Wildman–Crippen LogP) is 4.04. The van der Waals surface area contributed by atoms with Gasteiger partial charge in [-0.2, -0.15) is 0 Å². The Morgan fingerprint density at radius 2 is 1.64 bits per heavy atom. The average molecular weight is 367 g/mol. The number of aliphatic imine (C=N–C) groups is 1. The summed E-state index contributed by atoms with van der Waals surface area (Å²) in [5, 5.41) is 5.79. The van der Waals surface area contributed by atoms with E-state index in [2.05, 4.69) is 10.6 Å². The van der Waals surface area contributed by atoms with Crippen LogP contribution >= 0.6 is 0 Å². The fourth-order valence-electron chi connectivity index (χ4n) is 3.81. The third-order valence-electron chi connectivity index (χ3n) is 5.10. The van der Waals surface area contributed by atoms with Gasteiger partial charge in [0.15, 0.2) is 0 Å². The average Bonchev–Trinajstić information content (AvgIpc) is 3.24. The first kappa shape index (κ1) is 16.4. The standard InChI is InChI=1S/C23H17N3O2/c27-20-13-15-12-16(10-11-18(15)25-20)24-22(14-6-2-1-3-7-14)21-17-8-4-5-9-19(17)26-23(21)28/h1-12,21H,13H2,(H,25,27)(H,26,28). The highest BCUT2D eigenvalue weighted by Gasteiger charge is 2.35. The van der Waals surface area contributed by atoms with E-state index in [1.54, 1.807) is 0 Å². The molecule has 5 nitrogen and oxygen atoms in total. The topological polar surface area (TPSA) is 70.6 Å². The van der Waals surface area contributed by atoms with Crippen molar-refractivity contribution in [2.75, 3.05) is 10.6 Å². The second kappa shape index (κ2) is 6.46. The Bertz CT molecular complexity index is 1140. The summed E-state index contributed by atoms with van der Waals surface area (Å²) >= 11 is 0. The second-order valence-electron chi connectivity index (χ2n) is 6.94. The van der Waals surface area contributed by atoms with Crippen molar-refractivity contribution in [1.82, 2.24) is 0 Å². The molecule has 0 radical (unpaired) electrons. The molecule has 2 heterocycles. The molecule has 3 aromatic rings. The number of rotatable bonds is 3. The van der Waals surface area contributed by atoms with Crippen molar-refractivity contribution in [2.45, 2.75) is 12.3 Å². The van der Waals surface area contributed by atoms with Crippen molar-refractivity contribution >= 4 is 34.6 Å². The Hall–Kier alpha value is -3.73. The zero-order valence-corrected chi connectivity index (χ0v) is 15.0. The summed E-state index contributed by atoms with van der Waals surface area (Å²) in [5.74, 6) is -0.572. The molecular formula is C23H17N3O2. The molecule has 2 aliphatic rings. The summed E-state index contributed by atoms with van der Waals surface area (Å²) in [4.78, 5) is 29.3. The molecule has 3 aromatic carbocycles. The number of carbonyl (C=O) groups excluding carboxylic acids is 2. The van der Waals surface area contributed by atoms with Crippen LogP contribution in [0.4, 0.5) is 17.1 Å². The van der Waals surface area contributed by atoms with Gasteiger partial charge < -0.3 is 10.6 Å². The molecule has 0 saturated carbocycles. The van der Waals surface area contributed by atoms with Crippen LogP contribution in [0, 0.1) is 0 Å². The third-order valence-corrected chi connectivity index (χ3v) is 5.10. The lowest BCUT2D eigenvalue weighted by Crippen LogP contribution is -2.21. The summed E-state index contributed by atoms with van der Waals surface area (Å²) in [6, 6.07) is 23.1. The molecule has 1 atom stereocenters. The van der Waals surface area contributed by atoms with Gasteiger partial charge in [-0.05, 0) is 41.0 Å². The van der Waals surface area contributed by atoms with Gasteiger partial charge in [-0.1, -0.05) is 48.5 Å². The van der Waals surface area contributed by atoms with Gasteiger partial charge >= 0.3 is 0 Å². The number of nitrogens with zero attached hydrogens (tertiary/aromatic N) is 1. The first-order valence-corrected chi connectivity index (χ1v) is 9.15. The lowest BCUT2D eigenvalue weighted by molar-refractivity contribution is -0.116. The van der Waals surface area contributed by atoms with Crippen LogP contribution in [0.3, 0.4) is 0 Å². The molecule has 0 aliphatic carbocycles. The molecule has 2 amide bonds. The largest absolute Gasteiger partial charge is 0.326 e. The minimum atomic E-state index is -0.480. The fourth-order valence-corrected chi connectivity index (χ4v) is 3.81. The highest BCUT2D eigenvalue weighted by molar-refractivity contribution is 6.24. The molecule has 0 fully saturated rings. The van der Waals surface area contributed by atoms with Gasteiger partial charge in [0.2, 0.25) is 11.8 Å². The van der Waals surface area contributed by atoms with Crippen LogP contribution in [0.5, 0.6) is 0 Å². The van der Waals surface area contributed by atoms with Crippen molar-refractivity contribution in [1.29, 1.82) is 0 Å². The molecule has 2 aliphatic heterocycles. The Kier molecular flexibility index (Phi) is 3.79. The first-order valence-electron chi connectivity index (χ1n) is 9.15. The highest BCUT2D eigenvalue weighted by Crippen LogP contribution is 2.36. The van der Waals surface area contributed by atoms with Crippen molar-refractivity contribution in [3.63, 3.8) is 0 Å². The van der Waals surface area contributed by atoms with E-state index < -0.39 is 5.92 Å². The van der Waals surface area contributed by atoms with Crippen LogP contribution in [-0.4, -0.2) is 17.5 Å². The molecule has 0 spiro atoms. The third kappa shape index (κ3) is 2.77. The van der Waals surface area contributed by atoms with E-state index in [1.807, 2.05) is 72.8 Å². The fraction of sp³-hybridized carbons (Fsp3) is 0.0870. The van der Waals surface area contributed by atoms with Crippen LogP contribution in [0.15, 0.2) is 77.8 Å². The van der Waals surface area contributed by atoms with Crippen LogP contribution in [0.25, 0.3) is 0 Å². The number of fused-ring (bicyclic) bond motifs is 2. The molecule has 1 unspecified atom stereocenters. The van der Waals surface area contributed by atoms with E-state index >= 15 is 0 Å². The summed E-state index contributed by atoms with van der Waals surface area (Å²) in [6.45, 7) is 0. The summed E-state index contributed by atoms with van der Waals surface area (Å²) in [6.07, 6.45) is 0.353. The minimum Gasteiger partial charge on any atom is -0.326 e. The van der Waals surface area contributed by atoms with Gasteiger partial charge in [-0.25, -0.2) is 0 Å². The van der Waals surface area contributed by atoms with Crippen molar-refractivity contribution < 1.29 is 9.59 Å². The maximum atomic E-state index is 12.8. The zero-order chi connectivity index (χ0) is 19.1. The monoisotopic (exact) mass is 367 g/mol. The summed E-state index contributed by atoms with van der Waals surface area (Å²) in [5.41, 5.74) is 5.82. The lowest BCUT2D eigenvalue weighted by atomic mass is 9.90. The van der Waals surface area contributed by atoms with Gasteiger partial charge in [-0.15, -0.1) is 0 Å². The molecule has 0 bridgehead atoms. The Morgan fingerprint density at radius 1 is 0.857 bits per heavy atom. The molecule has 0 aromatic heterocycles. The van der Waals surface area contributed by atoms with Crippen molar-refractivity contribution in [3.05, 3.63) is 89.5 Å². The normalized spacial score (nSPS) is 17.7. The first-order chi connectivity index (χ1) is 13.7. The number of para-hydroxylation sites is 1. The van der Waals surface area contributed by atoms with E-state index in [-0.39, 0.29) is 11.8 Å². The molecular weight excluding hydrogens is 350 g/mol. The SMILES string of the molecule is O=C1Cc2cc(N=C(c3ccccc3)C3C(=O)Nc4ccccc43)ccc2N1. The second-order valence-corrected chi connectivity index (χ2v) is 6.94. The maximum Gasteiger partial charge on any atom is 0.238 e. The molecule has 2 N–H and O–H groups in total. The summed E-state index contributed by atoms with van der Waals surface area (Å²) < 4.78 is 0. The molecule has 0 saturated heterocycles. The zero-order valence-electron chi connectivity index (χ0n) is 15.0. The van der Waals surface area contributed by atoms with Gasteiger partial charge in [0, 0.05) is 11.4 Å². The van der Waals surface area contributed by atoms with Crippen LogP contribution < -0.4 is 10.6 Å². The van der Waals surface area contributed by atoms with Crippen LogP contribution in [0.1, 0.15) is 22.6 Å². The van der Waals surface area contributed by atoms with E-state index in [9.17, 15) is 9.59 Å². The number of anilines is 2.